The van der Waals surface area contributed by atoms with Crippen LogP contribution in [0.1, 0.15) is 38.5 Å². The minimum absolute atomic E-state index is 0.175. The highest BCUT2D eigenvalue weighted by Crippen LogP contribution is 2.51. The molecule has 0 spiro atoms. The zero-order chi connectivity index (χ0) is 9.74. The summed E-state index contributed by atoms with van der Waals surface area (Å²) in [4.78, 5) is 0. The molecule has 2 aliphatic rings. The standard InChI is InChI=1S/C9H15F2NO/c10-9(11)5-4-7(12,6-9)8(13)2-1-3-8/h13H,1-6,12H2. The van der Waals surface area contributed by atoms with E-state index in [-0.39, 0.29) is 19.3 Å². The molecule has 0 radical (unpaired) electrons. The molecule has 0 aromatic rings. The molecule has 0 saturated heterocycles. The molecule has 0 bridgehead atoms. The van der Waals surface area contributed by atoms with E-state index in [4.69, 9.17) is 5.73 Å². The number of halogens is 2. The maximum Gasteiger partial charge on any atom is 0.250 e. The lowest BCUT2D eigenvalue weighted by Gasteiger charge is -2.48. The molecule has 4 heteroatoms. The molecule has 76 valence electrons. The molecule has 2 nitrogen and oxygen atoms in total. The van der Waals surface area contributed by atoms with Gasteiger partial charge >= 0.3 is 0 Å². The summed E-state index contributed by atoms with van der Waals surface area (Å²) in [5.74, 6) is -2.67. The first-order valence-electron chi connectivity index (χ1n) is 4.76. The quantitative estimate of drug-likeness (QED) is 0.658. The fourth-order valence-electron chi connectivity index (χ4n) is 2.45. The van der Waals surface area contributed by atoms with Crippen molar-refractivity contribution in [2.24, 2.45) is 5.73 Å². The fourth-order valence-corrected chi connectivity index (χ4v) is 2.45. The summed E-state index contributed by atoms with van der Waals surface area (Å²) < 4.78 is 25.9. The fraction of sp³-hybridized carbons (Fsp3) is 1.00. The molecule has 2 fully saturated rings. The second-order valence-corrected chi connectivity index (χ2v) is 4.57. The maximum absolute atomic E-state index is 12.9. The smallest absolute Gasteiger partial charge is 0.250 e. The molecule has 0 amide bonds. The Bertz CT molecular complexity index is 228. The Labute approximate surface area is 76.1 Å². The van der Waals surface area contributed by atoms with Crippen molar-refractivity contribution in [1.82, 2.24) is 0 Å². The predicted molar refractivity (Wildman–Crippen MR) is 44.5 cm³/mol. The number of hydrogen-bond acceptors (Lipinski definition) is 2. The molecule has 1 unspecified atom stereocenters. The number of rotatable bonds is 1. The Balaban J connectivity index is 2.14. The predicted octanol–water partition coefficient (Wildman–Crippen LogP) is 1.42. The summed E-state index contributed by atoms with van der Waals surface area (Å²) in [6, 6.07) is 0. The summed E-state index contributed by atoms with van der Waals surface area (Å²) in [5, 5.41) is 9.94. The van der Waals surface area contributed by atoms with Crippen molar-refractivity contribution in [1.29, 1.82) is 0 Å². The Morgan fingerprint density at radius 1 is 1.08 bits per heavy atom. The van der Waals surface area contributed by atoms with Gasteiger partial charge in [-0.2, -0.15) is 0 Å². The number of nitrogens with two attached hydrogens (primary N) is 1. The molecule has 0 aromatic heterocycles. The molecule has 0 aliphatic heterocycles. The van der Waals surface area contributed by atoms with Gasteiger partial charge in [-0.15, -0.1) is 0 Å². The van der Waals surface area contributed by atoms with Crippen molar-refractivity contribution < 1.29 is 13.9 Å². The molecule has 13 heavy (non-hydrogen) atoms. The van der Waals surface area contributed by atoms with Crippen molar-refractivity contribution in [3.8, 4) is 0 Å². The minimum atomic E-state index is -2.67. The average molecular weight is 191 g/mol. The van der Waals surface area contributed by atoms with E-state index in [0.717, 1.165) is 6.42 Å². The molecular formula is C9H15F2NO. The van der Waals surface area contributed by atoms with Crippen LogP contribution in [0.2, 0.25) is 0 Å². The van der Waals surface area contributed by atoms with Gasteiger partial charge < -0.3 is 10.8 Å². The molecule has 0 aromatic carbocycles. The number of hydrogen-bond donors (Lipinski definition) is 2. The van der Waals surface area contributed by atoms with E-state index in [0.29, 0.717) is 12.8 Å². The van der Waals surface area contributed by atoms with Crippen LogP contribution in [-0.2, 0) is 0 Å². The Hall–Kier alpha value is -0.220. The number of aliphatic hydroxyl groups is 1. The van der Waals surface area contributed by atoms with Crippen molar-refractivity contribution in [2.45, 2.75) is 55.6 Å². The Kier molecular flexibility index (Phi) is 1.74. The monoisotopic (exact) mass is 191 g/mol. The number of alkyl halides is 2. The Morgan fingerprint density at radius 2 is 1.69 bits per heavy atom. The van der Waals surface area contributed by atoms with Crippen molar-refractivity contribution >= 4 is 0 Å². The normalized spacial score (nSPS) is 41.5. The lowest BCUT2D eigenvalue weighted by atomic mass is 9.66. The highest BCUT2D eigenvalue weighted by molar-refractivity contribution is 5.13. The van der Waals surface area contributed by atoms with Crippen LogP contribution in [0.3, 0.4) is 0 Å². The van der Waals surface area contributed by atoms with Crippen LogP contribution in [-0.4, -0.2) is 22.2 Å². The molecule has 0 heterocycles. The van der Waals surface area contributed by atoms with E-state index < -0.39 is 17.1 Å². The van der Waals surface area contributed by atoms with E-state index in [2.05, 4.69) is 0 Å². The van der Waals surface area contributed by atoms with E-state index >= 15 is 0 Å². The zero-order valence-corrected chi connectivity index (χ0v) is 7.52. The first-order valence-corrected chi connectivity index (χ1v) is 4.76. The lowest BCUT2D eigenvalue weighted by Crippen LogP contribution is -2.63. The summed E-state index contributed by atoms with van der Waals surface area (Å²) in [7, 11) is 0. The van der Waals surface area contributed by atoms with Crippen LogP contribution in [0.25, 0.3) is 0 Å². The van der Waals surface area contributed by atoms with E-state index in [1.807, 2.05) is 0 Å². The average Bonchev–Trinajstić information content (AvgIpc) is 2.22. The van der Waals surface area contributed by atoms with E-state index in [1.165, 1.54) is 0 Å². The van der Waals surface area contributed by atoms with Gasteiger partial charge in [-0.25, -0.2) is 8.78 Å². The Morgan fingerprint density at radius 3 is 2.00 bits per heavy atom. The second kappa shape index (κ2) is 2.42. The van der Waals surface area contributed by atoms with Crippen LogP contribution in [0, 0.1) is 0 Å². The molecule has 2 rings (SSSR count). The van der Waals surface area contributed by atoms with Crippen molar-refractivity contribution in [2.75, 3.05) is 0 Å². The van der Waals surface area contributed by atoms with Crippen molar-refractivity contribution in [3.63, 3.8) is 0 Å². The topological polar surface area (TPSA) is 46.2 Å². The summed E-state index contributed by atoms with van der Waals surface area (Å²) in [5.41, 5.74) is 3.80. The van der Waals surface area contributed by atoms with Gasteiger partial charge in [-0.05, 0) is 25.7 Å². The molecule has 3 N–H and O–H groups in total. The third-order valence-electron chi connectivity index (χ3n) is 3.62. The van der Waals surface area contributed by atoms with Crippen LogP contribution in [0.5, 0.6) is 0 Å². The third kappa shape index (κ3) is 1.27. The summed E-state index contributed by atoms with van der Waals surface area (Å²) >= 11 is 0. The maximum atomic E-state index is 12.9. The van der Waals surface area contributed by atoms with E-state index in [1.54, 1.807) is 0 Å². The largest absolute Gasteiger partial charge is 0.388 e. The minimum Gasteiger partial charge on any atom is -0.388 e. The van der Waals surface area contributed by atoms with Gasteiger partial charge in [-0.3, -0.25) is 0 Å². The van der Waals surface area contributed by atoms with Gasteiger partial charge in [0.05, 0.1) is 11.1 Å². The van der Waals surface area contributed by atoms with Gasteiger partial charge in [0, 0.05) is 12.8 Å². The summed E-state index contributed by atoms with van der Waals surface area (Å²) in [6.45, 7) is 0. The first-order chi connectivity index (χ1) is 5.87. The van der Waals surface area contributed by atoms with E-state index in [9.17, 15) is 13.9 Å². The van der Waals surface area contributed by atoms with Crippen LogP contribution in [0.4, 0.5) is 8.78 Å². The van der Waals surface area contributed by atoms with Gasteiger partial charge in [0.25, 0.3) is 0 Å². The van der Waals surface area contributed by atoms with Gasteiger partial charge in [0.1, 0.15) is 0 Å². The van der Waals surface area contributed by atoms with Gasteiger partial charge in [0.15, 0.2) is 0 Å². The van der Waals surface area contributed by atoms with Crippen LogP contribution in [0.15, 0.2) is 0 Å². The van der Waals surface area contributed by atoms with Gasteiger partial charge in [-0.1, -0.05) is 0 Å². The molecule has 2 saturated carbocycles. The highest BCUT2D eigenvalue weighted by atomic mass is 19.3. The molecular weight excluding hydrogens is 176 g/mol. The highest BCUT2D eigenvalue weighted by Gasteiger charge is 2.59. The summed E-state index contributed by atoms with van der Waals surface area (Å²) in [6.07, 6.45) is 1.79. The molecule has 2 aliphatic carbocycles. The molecule has 1 atom stereocenters. The van der Waals surface area contributed by atoms with Crippen LogP contribution >= 0.6 is 0 Å². The van der Waals surface area contributed by atoms with Crippen LogP contribution < -0.4 is 5.73 Å². The van der Waals surface area contributed by atoms with Crippen molar-refractivity contribution in [3.05, 3.63) is 0 Å². The SMILES string of the molecule is NC1(C2(O)CCC2)CCC(F)(F)C1. The second-order valence-electron chi connectivity index (χ2n) is 4.57. The van der Waals surface area contributed by atoms with Gasteiger partial charge in [0.2, 0.25) is 5.92 Å². The zero-order valence-electron chi connectivity index (χ0n) is 7.52. The lowest BCUT2D eigenvalue weighted by molar-refractivity contribution is -0.107. The third-order valence-corrected chi connectivity index (χ3v) is 3.62. The first kappa shape index (κ1) is 9.34.